The molecule has 0 bridgehead atoms. The van der Waals surface area contributed by atoms with E-state index in [2.05, 4.69) is 10.1 Å². The van der Waals surface area contributed by atoms with Crippen LogP contribution in [0, 0.1) is 0 Å². The smallest absolute Gasteiger partial charge is 0.406 e. The molecular weight excluding hydrogens is 481 g/mol. The van der Waals surface area contributed by atoms with Gasteiger partial charge in [-0.2, -0.15) is 0 Å². The second kappa shape index (κ2) is 10.1. The van der Waals surface area contributed by atoms with Crippen molar-refractivity contribution in [1.29, 1.82) is 0 Å². The zero-order valence-electron chi connectivity index (χ0n) is 19.2. The minimum absolute atomic E-state index is 0.164. The Balaban J connectivity index is 1.34. The lowest BCUT2D eigenvalue weighted by molar-refractivity contribution is -0.274. The molecule has 3 N–H and O–H groups in total. The van der Waals surface area contributed by atoms with Crippen LogP contribution in [-0.2, 0) is 4.74 Å². The number of hydrogen-bond acceptors (Lipinski definition) is 5. The van der Waals surface area contributed by atoms with Gasteiger partial charge in [0.25, 0.3) is 5.91 Å². The zero-order valence-corrected chi connectivity index (χ0v) is 19.2. The topological polar surface area (TPSA) is 114 Å². The maximum Gasteiger partial charge on any atom is 0.573 e. The number of anilines is 1. The molecule has 0 aromatic heterocycles. The van der Waals surface area contributed by atoms with Gasteiger partial charge in [0.2, 0.25) is 5.91 Å². The number of halogens is 3. The fourth-order valence-electron chi connectivity index (χ4n) is 4.44. The number of rotatable bonds is 4. The monoisotopic (exact) mass is 506 g/mol. The number of nitrogens with two attached hydrogens (primary N) is 1. The minimum Gasteiger partial charge on any atom is -0.406 e. The highest BCUT2D eigenvalue weighted by atomic mass is 19.4. The summed E-state index contributed by atoms with van der Waals surface area (Å²) < 4.78 is 46.8. The van der Waals surface area contributed by atoms with Crippen molar-refractivity contribution in [3.63, 3.8) is 0 Å². The van der Waals surface area contributed by atoms with Gasteiger partial charge >= 0.3 is 12.4 Å². The summed E-state index contributed by atoms with van der Waals surface area (Å²) in [5.74, 6) is -1.35. The Bertz CT molecular complexity index is 1130. The summed E-state index contributed by atoms with van der Waals surface area (Å²) in [5, 5.41) is 2.68. The molecule has 36 heavy (non-hydrogen) atoms. The first-order valence-corrected chi connectivity index (χ1v) is 11.3. The average Bonchev–Trinajstić information content (AvgIpc) is 2.84. The van der Waals surface area contributed by atoms with Gasteiger partial charge < -0.3 is 30.3 Å². The second-order valence-electron chi connectivity index (χ2n) is 8.66. The first-order chi connectivity index (χ1) is 17.1. The van der Waals surface area contributed by atoms with Crippen LogP contribution in [0.2, 0.25) is 0 Å². The molecule has 0 saturated carbocycles. The normalized spacial score (nSPS) is 17.5. The standard InChI is InChI=1S/C24H25F3N4O5/c25-24(26,27)36-17-7-5-16(6-8-17)29-22(34)31-13-14-35-23(15-31)9-11-30(12-10-23)21(33)19-4-2-1-3-18(19)20(28)32/h1-8H,9-15H2,(H2,28,32)(H,29,34). The highest BCUT2D eigenvalue weighted by Gasteiger charge is 2.42. The maximum atomic E-state index is 13.0. The fourth-order valence-corrected chi connectivity index (χ4v) is 4.44. The maximum absolute atomic E-state index is 13.0. The van der Waals surface area contributed by atoms with Crippen LogP contribution < -0.4 is 15.8 Å². The summed E-state index contributed by atoms with van der Waals surface area (Å²) in [6.45, 7) is 1.71. The number of carbonyl (C=O) groups excluding carboxylic acids is 3. The van der Waals surface area contributed by atoms with Gasteiger partial charge in [-0.1, -0.05) is 12.1 Å². The summed E-state index contributed by atoms with van der Waals surface area (Å²) in [5.41, 5.74) is 5.51. The molecule has 2 heterocycles. The van der Waals surface area contributed by atoms with Gasteiger partial charge in [-0.05, 0) is 49.2 Å². The Morgan fingerprint density at radius 1 is 0.944 bits per heavy atom. The van der Waals surface area contributed by atoms with E-state index in [4.69, 9.17) is 10.5 Å². The molecule has 4 rings (SSSR count). The van der Waals surface area contributed by atoms with Gasteiger partial charge in [0.1, 0.15) is 5.75 Å². The molecule has 9 nitrogen and oxygen atoms in total. The summed E-state index contributed by atoms with van der Waals surface area (Å²) in [6, 6.07) is 10.9. The third-order valence-corrected chi connectivity index (χ3v) is 6.26. The minimum atomic E-state index is -4.79. The lowest BCUT2D eigenvalue weighted by Gasteiger charge is -2.47. The summed E-state index contributed by atoms with van der Waals surface area (Å²) in [6.07, 6.45) is -3.81. The van der Waals surface area contributed by atoms with Crippen molar-refractivity contribution in [2.45, 2.75) is 24.8 Å². The van der Waals surface area contributed by atoms with Crippen molar-refractivity contribution in [3.8, 4) is 5.75 Å². The molecular formula is C24H25F3N4O5. The number of likely N-dealkylation sites (tertiary alicyclic amines) is 1. The SMILES string of the molecule is NC(=O)c1ccccc1C(=O)N1CCC2(CC1)CN(C(=O)Nc1ccc(OC(F)(F)F)cc1)CCO2. The first-order valence-electron chi connectivity index (χ1n) is 11.3. The van der Waals surface area contributed by atoms with E-state index in [0.29, 0.717) is 51.3 Å². The van der Waals surface area contributed by atoms with Gasteiger partial charge in [-0.25, -0.2) is 4.79 Å². The van der Waals surface area contributed by atoms with E-state index in [9.17, 15) is 27.6 Å². The van der Waals surface area contributed by atoms with E-state index in [-0.39, 0.29) is 22.8 Å². The van der Waals surface area contributed by atoms with Crippen LogP contribution in [0.1, 0.15) is 33.6 Å². The molecule has 1 spiro atoms. The van der Waals surface area contributed by atoms with Gasteiger partial charge in [-0.3, -0.25) is 9.59 Å². The predicted molar refractivity (Wildman–Crippen MR) is 122 cm³/mol. The fraction of sp³-hybridized carbons (Fsp3) is 0.375. The second-order valence-corrected chi connectivity index (χ2v) is 8.66. The quantitative estimate of drug-likeness (QED) is 0.661. The van der Waals surface area contributed by atoms with Crippen molar-refractivity contribution < 1.29 is 37.0 Å². The van der Waals surface area contributed by atoms with Crippen LogP contribution in [0.4, 0.5) is 23.7 Å². The summed E-state index contributed by atoms with van der Waals surface area (Å²) in [4.78, 5) is 40.7. The van der Waals surface area contributed by atoms with Crippen molar-refractivity contribution in [2.24, 2.45) is 5.73 Å². The Hall–Kier alpha value is -3.80. The number of piperidine rings is 1. The van der Waals surface area contributed by atoms with E-state index in [1.165, 1.54) is 18.2 Å². The predicted octanol–water partition coefficient (Wildman–Crippen LogP) is 3.22. The number of morpholine rings is 1. The van der Waals surface area contributed by atoms with Crippen molar-refractivity contribution in [3.05, 3.63) is 59.7 Å². The van der Waals surface area contributed by atoms with E-state index < -0.39 is 23.9 Å². The van der Waals surface area contributed by atoms with Crippen LogP contribution in [0.3, 0.4) is 0 Å². The molecule has 0 radical (unpaired) electrons. The number of alkyl halides is 3. The van der Waals surface area contributed by atoms with E-state index in [1.807, 2.05) is 0 Å². The molecule has 2 aromatic carbocycles. The molecule has 2 aliphatic rings. The number of nitrogens with zero attached hydrogens (tertiary/aromatic N) is 2. The molecule has 2 saturated heterocycles. The molecule has 0 unspecified atom stereocenters. The van der Waals surface area contributed by atoms with Crippen molar-refractivity contribution in [2.75, 3.05) is 38.1 Å². The lowest BCUT2D eigenvalue weighted by Crippen LogP contribution is -2.59. The Kier molecular flexibility index (Phi) is 7.07. The lowest BCUT2D eigenvalue weighted by atomic mass is 9.89. The van der Waals surface area contributed by atoms with Gasteiger partial charge in [0.05, 0.1) is 29.9 Å². The number of amides is 4. The van der Waals surface area contributed by atoms with Crippen molar-refractivity contribution in [1.82, 2.24) is 9.80 Å². The highest BCUT2D eigenvalue weighted by molar-refractivity contribution is 6.06. The van der Waals surface area contributed by atoms with E-state index in [0.717, 1.165) is 12.1 Å². The van der Waals surface area contributed by atoms with E-state index in [1.54, 1.807) is 28.0 Å². The van der Waals surface area contributed by atoms with Gasteiger partial charge in [0.15, 0.2) is 0 Å². The van der Waals surface area contributed by atoms with Crippen molar-refractivity contribution >= 4 is 23.5 Å². The third-order valence-electron chi connectivity index (χ3n) is 6.26. The number of ether oxygens (including phenoxy) is 2. The molecule has 2 aliphatic heterocycles. The van der Waals surface area contributed by atoms with Gasteiger partial charge in [0, 0.05) is 25.3 Å². The number of benzene rings is 2. The number of hydrogen-bond donors (Lipinski definition) is 2. The molecule has 0 aliphatic carbocycles. The Morgan fingerprint density at radius 3 is 2.19 bits per heavy atom. The van der Waals surface area contributed by atoms with Crippen LogP contribution >= 0.6 is 0 Å². The van der Waals surface area contributed by atoms with Crippen LogP contribution in [0.15, 0.2) is 48.5 Å². The zero-order chi connectivity index (χ0) is 25.9. The number of carbonyl (C=O) groups is 3. The van der Waals surface area contributed by atoms with Crippen LogP contribution in [-0.4, -0.2) is 72.4 Å². The van der Waals surface area contributed by atoms with E-state index >= 15 is 0 Å². The highest BCUT2D eigenvalue weighted by Crippen LogP contribution is 2.31. The van der Waals surface area contributed by atoms with Crippen LogP contribution in [0.5, 0.6) is 5.75 Å². The average molecular weight is 506 g/mol. The summed E-state index contributed by atoms with van der Waals surface area (Å²) in [7, 11) is 0. The number of urea groups is 1. The molecule has 192 valence electrons. The third kappa shape index (κ3) is 5.88. The molecule has 2 aromatic rings. The largest absolute Gasteiger partial charge is 0.573 e. The first kappa shape index (κ1) is 25.3. The molecule has 4 amide bonds. The Morgan fingerprint density at radius 2 is 1.58 bits per heavy atom. The number of primary amides is 1. The van der Waals surface area contributed by atoms with Crippen LogP contribution in [0.25, 0.3) is 0 Å². The molecule has 2 fully saturated rings. The number of nitrogens with one attached hydrogen (secondary N) is 1. The Labute approximate surface area is 204 Å². The van der Waals surface area contributed by atoms with Gasteiger partial charge in [-0.15, -0.1) is 13.2 Å². The summed E-state index contributed by atoms with van der Waals surface area (Å²) >= 11 is 0. The molecule has 12 heteroatoms. The molecule has 0 atom stereocenters.